The van der Waals surface area contributed by atoms with Crippen LogP contribution in [0.3, 0.4) is 0 Å². The molecule has 0 N–H and O–H groups in total. The average molecular weight is 309 g/mol. The van der Waals surface area contributed by atoms with Crippen molar-refractivity contribution < 1.29 is 9.31 Å². The summed E-state index contributed by atoms with van der Waals surface area (Å²) in [5.41, 5.74) is 0.840. The molecule has 0 saturated carbocycles. The number of rotatable bonds is 3. The van der Waals surface area contributed by atoms with Crippen LogP contribution >= 0.6 is 0 Å². The predicted octanol–water partition coefficient (Wildman–Crippen LogP) is 2.53. The van der Waals surface area contributed by atoms with E-state index in [1.807, 2.05) is 58.0 Å². The van der Waals surface area contributed by atoms with Gasteiger partial charge in [-0.15, -0.1) is 0 Å². The van der Waals surface area contributed by atoms with Gasteiger partial charge in [0.1, 0.15) is 0 Å². The van der Waals surface area contributed by atoms with E-state index in [1.54, 1.807) is 18.6 Å². The number of hydrogen-bond donors (Lipinski definition) is 0. The maximum absolute atomic E-state index is 5.99. The molecule has 0 bridgehead atoms. The Morgan fingerprint density at radius 1 is 1.00 bits per heavy atom. The molecule has 0 unspecified atom stereocenters. The van der Waals surface area contributed by atoms with E-state index in [0.717, 1.165) is 5.56 Å². The van der Waals surface area contributed by atoms with Crippen LogP contribution in [0.1, 0.15) is 33.3 Å². The van der Waals surface area contributed by atoms with Crippen molar-refractivity contribution in [3.05, 3.63) is 48.3 Å². The quantitative estimate of drug-likeness (QED) is 0.646. The minimum Gasteiger partial charge on any atom is -0.398 e. The summed E-state index contributed by atoms with van der Waals surface area (Å²) in [6.07, 6.45) is 5.04. The lowest BCUT2D eigenvalue weighted by molar-refractivity contribution is 0.00578. The fourth-order valence-corrected chi connectivity index (χ4v) is 2.19. The third kappa shape index (κ3) is 3.33. The van der Waals surface area contributed by atoms with Crippen LogP contribution < -0.4 is 5.59 Å². The van der Waals surface area contributed by atoms with Crippen molar-refractivity contribution in [2.24, 2.45) is 4.99 Å². The second kappa shape index (κ2) is 5.87. The Morgan fingerprint density at radius 2 is 1.65 bits per heavy atom. The van der Waals surface area contributed by atoms with Crippen LogP contribution in [0.15, 0.2) is 47.7 Å². The number of nitrogens with zero attached hydrogens (tertiary/aromatic N) is 3. The van der Waals surface area contributed by atoms with Gasteiger partial charge in [0.2, 0.25) is 0 Å². The zero-order chi connectivity index (χ0) is 16.5. The molecule has 5 nitrogen and oxygen atoms in total. The van der Waals surface area contributed by atoms with Crippen LogP contribution in [0.5, 0.6) is 0 Å². The third-order valence-corrected chi connectivity index (χ3v) is 4.28. The SMILES string of the molecule is CC1(C)OB(c2cncc(N=Cc3ccccc3)n2)OC1(C)C. The fourth-order valence-electron chi connectivity index (χ4n) is 2.19. The molecule has 1 aliphatic heterocycles. The van der Waals surface area contributed by atoms with Crippen LogP contribution in [0.25, 0.3) is 0 Å². The highest BCUT2D eigenvalue weighted by Crippen LogP contribution is 2.36. The summed E-state index contributed by atoms with van der Waals surface area (Å²) in [4.78, 5) is 13.1. The summed E-state index contributed by atoms with van der Waals surface area (Å²) in [6, 6.07) is 9.86. The highest BCUT2D eigenvalue weighted by atomic mass is 16.7. The zero-order valence-corrected chi connectivity index (χ0v) is 13.9. The van der Waals surface area contributed by atoms with Gasteiger partial charge in [0.25, 0.3) is 0 Å². The molecule has 23 heavy (non-hydrogen) atoms. The molecule has 1 aromatic carbocycles. The summed E-state index contributed by atoms with van der Waals surface area (Å²) < 4.78 is 12.0. The number of aromatic nitrogens is 2. The standard InChI is InChI=1S/C17H20BN3O2/c1-16(2)17(3,4)23-18(22-16)14-11-19-12-15(21-14)20-10-13-8-6-5-7-9-13/h5-12H,1-4H3. The topological polar surface area (TPSA) is 56.6 Å². The van der Waals surface area contributed by atoms with Gasteiger partial charge in [0.15, 0.2) is 5.82 Å². The first-order valence-electron chi connectivity index (χ1n) is 7.64. The van der Waals surface area contributed by atoms with Crippen molar-refractivity contribution in [3.63, 3.8) is 0 Å². The monoisotopic (exact) mass is 309 g/mol. The Kier molecular flexibility index (Phi) is 4.04. The Labute approximate surface area is 136 Å². The lowest BCUT2D eigenvalue weighted by atomic mass is 9.85. The molecule has 0 amide bonds. The first-order chi connectivity index (χ1) is 10.9. The summed E-state index contributed by atoms with van der Waals surface area (Å²) in [6.45, 7) is 8.05. The Hall–Kier alpha value is -2.05. The minimum absolute atomic E-state index is 0.400. The molecule has 0 aliphatic carbocycles. The number of benzene rings is 1. The molecule has 6 heteroatoms. The van der Waals surface area contributed by atoms with Gasteiger partial charge in [-0.05, 0) is 33.3 Å². The second-order valence-electron chi connectivity index (χ2n) is 6.56. The Morgan fingerprint density at radius 3 is 2.30 bits per heavy atom. The van der Waals surface area contributed by atoms with E-state index in [-0.39, 0.29) is 0 Å². The smallest absolute Gasteiger partial charge is 0.398 e. The van der Waals surface area contributed by atoms with E-state index >= 15 is 0 Å². The van der Waals surface area contributed by atoms with Crippen LogP contribution in [-0.2, 0) is 9.31 Å². The summed E-state index contributed by atoms with van der Waals surface area (Å²) >= 11 is 0. The Balaban J connectivity index is 1.80. The molecule has 0 atom stereocenters. The third-order valence-electron chi connectivity index (χ3n) is 4.28. The van der Waals surface area contributed by atoms with Crippen LogP contribution in [0, 0.1) is 0 Å². The van der Waals surface area contributed by atoms with E-state index < -0.39 is 18.3 Å². The van der Waals surface area contributed by atoms with Crippen molar-refractivity contribution >= 4 is 24.7 Å². The lowest BCUT2D eigenvalue weighted by Crippen LogP contribution is -2.41. The van der Waals surface area contributed by atoms with E-state index in [9.17, 15) is 0 Å². The normalized spacial score (nSPS) is 19.4. The van der Waals surface area contributed by atoms with Crippen molar-refractivity contribution in [3.8, 4) is 0 Å². The predicted molar refractivity (Wildman–Crippen MR) is 91.4 cm³/mol. The highest BCUT2D eigenvalue weighted by molar-refractivity contribution is 6.61. The zero-order valence-electron chi connectivity index (χ0n) is 13.9. The minimum atomic E-state index is -0.528. The van der Waals surface area contributed by atoms with Gasteiger partial charge in [-0.3, -0.25) is 4.98 Å². The average Bonchev–Trinajstić information content (AvgIpc) is 2.75. The van der Waals surface area contributed by atoms with E-state index in [0.29, 0.717) is 11.4 Å². The molecule has 3 rings (SSSR count). The fraction of sp³-hybridized carbons (Fsp3) is 0.353. The number of aliphatic imine (C=N–C) groups is 1. The molecule has 1 aromatic heterocycles. The van der Waals surface area contributed by atoms with Gasteiger partial charge in [-0.25, -0.2) is 9.98 Å². The summed E-state index contributed by atoms with van der Waals surface area (Å²) in [5, 5.41) is 0. The first kappa shape index (κ1) is 15.8. The first-order valence-corrected chi connectivity index (χ1v) is 7.64. The molecule has 1 aliphatic rings. The molecule has 2 aromatic rings. The number of hydrogen-bond acceptors (Lipinski definition) is 5. The highest BCUT2D eigenvalue weighted by Gasteiger charge is 2.52. The molecule has 2 heterocycles. The van der Waals surface area contributed by atoms with E-state index in [4.69, 9.17) is 9.31 Å². The molecule has 118 valence electrons. The molecule has 1 saturated heterocycles. The van der Waals surface area contributed by atoms with E-state index in [2.05, 4.69) is 15.0 Å². The van der Waals surface area contributed by atoms with Gasteiger partial charge in [-0.2, -0.15) is 0 Å². The van der Waals surface area contributed by atoms with Gasteiger partial charge in [0.05, 0.1) is 23.0 Å². The van der Waals surface area contributed by atoms with Crippen LogP contribution in [-0.4, -0.2) is 34.5 Å². The summed E-state index contributed by atoms with van der Waals surface area (Å²) in [7, 11) is -0.528. The van der Waals surface area contributed by atoms with E-state index in [1.165, 1.54) is 0 Å². The van der Waals surface area contributed by atoms with Gasteiger partial charge in [0, 0.05) is 12.4 Å². The largest absolute Gasteiger partial charge is 0.516 e. The van der Waals surface area contributed by atoms with Crippen LogP contribution in [0.2, 0.25) is 0 Å². The summed E-state index contributed by atoms with van der Waals surface area (Å²) in [5.74, 6) is 0.529. The molecular weight excluding hydrogens is 289 g/mol. The molecule has 1 fully saturated rings. The van der Waals surface area contributed by atoms with Gasteiger partial charge in [-0.1, -0.05) is 30.3 Å². The maximum Gasteiger partial charge on any atom is 0.516 e. The van der Waals surface area contributed by atoms with Crippen molar-refractivity contribution in [2.45, 2.75) is 38.9 Å². The van der Waals surface area contributed by atoms with Crippen LogP contribution in [0.4, 0.5) is 5.82 Å². The maximum atomic E-state index is 5.99. The van der Waals surface area contributed by atoms with Gasteiger partial charge >= 0.3 is 7.12 Å². The molecule has 0 spiro atoms. The van der Waals surface area contributed by atoms with Crippen molar-refractivity contribution in [1.82, 2.24) is 9.97 Å². The van der Waals surface area contributed by atoms with Crippen molar-refractivity contribution in [2.75, 3.05) is 0 Å². The van der Waals surface area contributed by atoms with Crippen molar-refractivity contribution in [1.29, 1.82) is 0 Å². The molecular formula is C17H20BN3O2. The molecule has 0 radical (unpaired) electrons. The van der Waals surface area contributed by atoms with Gasteiger partial charge < -0.3 is 9.31 Å². The lowest BCUT2D eigenvalue weighted by Gasteiger charge is -2.32. The Bertz CT molecular complexity index is 701. The second-order valence-corrected chi connectivity index (χ2v) is 6.56.